The molecule has 0 aliphatic carbocycles. The molecule has 10 heteroatoms. The first-order valence-electron chi connectivity index (χ1n) is 11.7. The zero-order valence-electron chi connectivity index (χ0n) is 20.3. The van der Waals surface area contributed by atoms with Crippen molar-refractivity contribution in [1.82, 2.24) is 10.4 Å². The SMILES string of the molecule is COc1ccc(Oc2ccc(C3(CC(=O)NO)CCN(C(=O)c4ccccc4)CCS3(=O)=O)cc2)cc1. The lowest BCUT2D eigenvalue weighted by molar-refractivity contribution is -0.130. The Morgan fingerprint density at radius 2 is 1.51 bits per heavy atom. The molecule has 1 heterocycles. The summed E-state index contributed by atoms with van der Waals surface area (Å²) in [6.07, 6.45) is -0.502. The molecule has 37 heavy (non-hydrogen) atoms. The lowest BCUT2D eigenvalue weighted by Gasteiger charge is -2.32. The average Bonchev–Trinajstić information content (AvgIpc) is 3.05. The van der Waals surface area contributed by atoms with Crippen LogP contribution in [0, 0.1) is 0 Å². The van der Waals surface area contributed by atoms with Gasteiger partial charge in [-0.2, -0.15) is 0 Å². The molecule has 1 saturated heterocycles. The molecular formula is C27H28N2O7S. The van der Waals surface area contributed by atoms with Crippen LogP contribution in [0.5, 0.6) is 17.2 Å². The molecule has 1 aliphatic heterocycles. The van der Waals surface area contributed by atoms with Gasteiger partial charge < -0.3 is 14.4 Å². The van der Waals surface area contributed by atoms with Crippen molar-refractivity contribution >= 4 is 21.7 Å². The fourth-order valence-electron chi connectivity index (χ4n) is 4.50. The fourth-order valence-corrected chi connectivity index (χ4v) is 6.60. The number of carbonyl (C=O) groups is 2. The second-order valence-electron chi connectivity index (χ2n) is 8.74. The van der Waals surface area contributed by atoms with Crippen molar-refractivity contribution in [2.75, 3.05) is 26.0 Å². The Hall–Kier alpha value is -3.89. The van der Waals surface area contributed by atoms with Gasteiger partial charge in [0.2, 0.25) is 5.91 Å². The lowest BCUT2D eigenvalue weighted by Crippen LogP contribution is -2.42. The van der Waals surface area contributed by atoms with Gasteiger partial charge in [-0.05, 0) is 60.5 Å². The van der Waals surface area contributed by atoms with Crippen LogP contribution in [-0.4, -0.2) is 56.3 Å². The molecule has 4 rings (SSSR count). The topological polar surface area (TPSA) is 122 Å². The minimum Gasteiger partial charge on any atom is -0.497 e. The van der Waals surface area contributed by atoms with Gasteiger partial charge >= 0.3 is 0 Å². The predicted molar refractivity (Wildman–Crippen MR) is 136 cm³/mol. The smallest absolute Gasteiger partial charge is 0.253 e. The van der Waals surface area contributed by atoms with Crippen molar-refractivity contribution < 1.29 is 32.7 Å². The van der Waals surface area contributed by atoms with Crippen LogP contribution in [0.25, 0.3) is 0 Å². The molecule has 9 nitrogen and oxygen atoms in total. The Labute approximate surface area is 215 Å². The first kappa shape index (κ1) is 26.2. The molecule has 2 amide bonds. The second-order valence-corrected chi connectivity index (χ2v) is 11.2. The van der Waals surface area contributed by atoms with Crippen molar-refractivity contribution in [3.63, 3.8) is 0 Å². The van der Waals surface area contributed by atoms with Gasteiger partial charge in [0, 0.05) is 18.7 Å². The first-order valence-corrected chi connectivity index (χ1v) is 13.4. The highest BCUT2D eigenvalue weighted by Gasteiger charge is 2.48. The second kappa shape index (κ2) is 11.0. The van der Waals surface area contributed by atoms with E-state index in [4.69, 9.17) is 9.47 Å². The molecule has 1 atom stereocenters. The first-order chi connectivity index (χ1) is 17.8. The van der Waals surface area contributed by atoms with Crippen LogP contribution in [-0.2, 0) is 19.4 Å². The Bertz CT molecular complexity index is 1340. The van der Waals surface area contributed by atoms with Gasteiger partial charge in [0.1, 0.15) is 22.0 Å². The van der Waals surface area contributed by atoms with E-state index in [-0.39, 0.29) is 31.2 Å². The summed E-state index contributed by atoms with van der Waals surface area (Å²) in [5.74, 6) is 0.299. The number of hydrogen-bond donors (Lipinski definition) is 2. The van der Waals surface area contributed by atoms with Crippen LogP contribution < -0.4 is 15.0 Å². The van der Waals surface area contributed by atoms with Crippen molar-refractivity contribution in [2.24, 2.45) is 0 Å². The molecule has 2 N–H and O–H groups in total. The average molecular weight is 525 g/mol. The Balaban J connectivity index is 1.63. The van der Waals surface area contributed by atoms with E-state index < -0.39 is 26.9 Å². The molecule has 0 spiro atoms. The number of hydrogen-bond acceptors (Lipinski definition) is 7. The minimum atomic E-state index is -3.93. The molecule has 1 unspecified atom stereocenters. The number of amides is 2. The summed E-state index contributed by atoms with van der Waals surface area (Å²) in [5, 5.41) is 9.21. The van der Waals surface area contributed by atoms with Crippen molar-refractivity contribution in [1.29, 1.82) is 0 Å². The fraction of sp³-hybridized carbons (Fsp3) is 0.259. The summed E-state index contributed by atoms with van der Waals surface area (Å²) in [6, 6.07) is 22.1. The van der Waals surface area contributed by atoms with Gasteiger partial charge in [-0.3, -0.25) is 14.8 Å². The normalized spacial score (nSPS) is 18.9. The van der Waals surface area contributed by atoms with Gasteiger partial charge in [0.05, 0.1) is 19.3 Å². The van der Waals surface area contributed by atoms with Crippen LogP contribution in [0.3, 0.4) is 0 Å². The number of nitrogens with one attached hydrogen (secondary N) is 1. The van der Waals surface area contributed by atoms with Crippen molar-refractivity contribution in [2.45, 2.75) is 17.6 Å². The minimum absolute atomic E-state index is 0.00276. The van der Waals surface area contributed by atoms with E-state index in [1.807, 2.05) is 0 Å². The molecular weight excluding hydrogens is 496 g/mol. The number of ether oxygens (including phenoxy) is 2. The van der Waals surface area contributed by atoms with E-state index in [0.717, 1.165) is 0 Å². The van der Waals surface area contributed by atoms with E-state index in [0.29, 0.717) is 28.4 Å². The van der Waals surface area contributed by atoms with E-state index in [1.165, 1.54) is 4.90 Å². The highest BCUT2D eigenvalue weighted by atomic mass is 32.2. The summed E-state index contributed by atoms with van der Waals surface area (Å²) in [7, 11) is -2.36. The molecule has 3 aromatic rings. The maximum atomic E-state index is 13.7. The van der Waals surface area contributed by atoms with E-state index in [1.54, 1.807) is 91.5 Å². The van der Waals surface area contributed by atoms with Crippen LogP contribution in [0.4, 0.5) is 0 Å². The van der Waals surface area contributed by atoms with Gasteiger partial charge in [0.15, 0.2) is 9.84 Å². The summed E-state index contributed by atoms with van der Waals surface area (Å²) >= 11 is 0. The number of sulfone groups is 1. The number of benzene rings is 3. The highest BCUT2D eigenvalue weighted by molar-refractivity contribution is 7.92. The lowest BCUT2D eigenvalue weighted by atomic mass is 9.90. The third-order valence-corrected chi connectivity index (χ3v) is 9.06. The van der Waals surface area contributed by atoms with Crippen LogP contribution in [0.15, 0.2) is 78.9 Å². The van der Waals surface area contributed by atoms with Gasteiger partial charge in [-0.25, -0.2) is 13.9 Å². The van der Waals surface area contributed by atoms with Crippen LogP contribution in [0.1, 0.15) is 28.8 Å². The van der Waals surface area contributed by atoms with E-state index in [2.05, 4.69) is 0 Å². The molecule has 0 saturated carbocycles. The third kappa shape index (κ3) is 5.60. The molecule has 1 aliphatic rings. The van der Waals surface area contributed by atoms with Crippen molar-refractivity contribution in [3.8, 4) is 17.2 Å². The standard InChI is InChI=1S/C27H28N2O7S/c1-35-22-11-13-24(14-12-22)36-23-9-7-21(8-10-23)27(19-25(30)28-32)15-16-29(17-18-37(27,33)34)26(31)20-5-3-2-4-6-20/h2-14,32H,15-19H2,1H3,(H,28,30). The Morgan fingerprint density at radius 3 is 2.11 bits per heavy atom. The van der Waals surface area contributed by atoms with Gasteiger partial charge in [0.25, 0.3) is 5.91 Å². The largest absolute Gasteiger partial charge is 0.497 e. The number of rotatable bonds is 7. The van der Waals surface area contributed by atoms with E-state index in [9.17, 15) is 23.2 Å². The number of nitrogens with zero attached hydrogens (tertiary/aromatic N) is 1. The molecule has 0 bridgehead atoms. The quantitative estimate of drug-likeness (QED) is 0.358. The number of carbonyl (C=O) groups excluding carboxylic acids is 2. The maximum Gasteiger partial charge on any atom is 0.253 e. The maximum absolute atomic E-state index is 13.7. The summed E-state index contributed by atoms with van der Waals surface area (Å²) in [6.45, 7) is 0.118. The van der Waals surface area contributed by atoms with Crippen LogP contribution >= 0.6 is 0 Å². The summed E-state index contributed by atoms with van der Waals surface area (Å²) < 4.78 is 36.7. The monoisotopic (exact) mass is 524 g/mol. The van der Waals surface area contributed by atoms with E-state index >= 15 is 0 Å². The highest BCUT2D eigenvalue weighted by Crippen LogP contribution is 2.41. The zero-order chi connectivity index (χ0) is 26.5. The molecule has 3 aromatic carbocycles. The molecule has 194 valence electrons. The number of methoxy groups -OCH3 is 1. The predicted octanol–water partition coefficient (Wildman–Crippen LogP) is 3.54. The molecule has 1 fully saturated rings. The molecule has 0 radical (unpaired) electrons. The van der Waals surface area contributed by atoms with Crippen LogP contribution in [0.2, 0.25) is 0 Å². The number of hydroxylamine groups is 1. The van der Waals surface area contributed by atoms with Crippen molar-refractivity contribution in [3.05, 3.63) is 90.0 Å². The van der Waals surface area contributed by atoms with Gasteiger partial charge in [-0.15, -0.1) is 0 Å². The third-order valence-electron chi connectivity index (χ3n) is 6.57. The zero-order valence-corrected chi connectivity index (χ0v) is 21.1. The van der Waals surface area contributed by atoms with Gasteiger partial charge in [-0.1, -0.05) is 30.3 Å². The molecule has 0 aromatic heterocycles. The Kier molecular flexibility index (Phi) is 7.80. The Morgan fingerprint density at radius 1 is 0.919 bits per heavy atom. The summed E-state index contributed by atoms with van der Waals surface area (Å²) in [4.78, 5) is 26.8. The summed E-state index contributed by atoms with van der Waals surface area (Å²) in [5.41, 5.74) is 2.40.